The fourth-order valence-electron chi connectivity index (χ4n) is 3.34. The number of amides is 2. The molecule has 0 spiro atoms. The minimum atomic E-state index is -0.0658. The van der Waals surface area contributed by atoms with Crippen LogP contribution < -0.4 is 10.6 Å². The SMILES string of the molecule is CN=C(NCCN1C(=O)CCCC1=O)NCC1(CCOC)CCC1. The van der Waals surface area contributed by atoms with Crippen LogP contribution in [-0.2, 0) is 14.3 Å². The maximum Gasteiger partial charge on any atom is 0.229 e. The first-order chi connectivity index (χ1) is 11.6. The molecule has 0 unspecified atom stereocenters. The second-order valence-electron chi connectivity index (χ2n) is 6.74. The van der Waals surface area contributed by atoms with E-state index in [9.17, 15) is 9.59 Å². The number of nitrogens with one attached hydrogen (secondary N) is 2. The molecule has 0 aromatic rings. The number of hydrogen-bond acceptors (Lipinski definition) is 4. The molecule has 0 bridgehead atoms. The molecule has 2 aliphatic rings. The predicted molar refractivity (Wildman–Crippen MR) is 92.7 cm³/mol. The van der Waals surface area contributed by atoms with Crippen molar-refractivity contribution in [2.75, 3.05) is 40.4 Å². The Morgan fingerprint density at radius 1 is 1.21 bits per heavy atom. The number of carbonyl (C=O) groups is 2. The summed E-state index contributed by atoms with van der Waals surface area (Å²) in [5.74, 6) is 0.587. The fraction of sp³-hybridized carbons (Fsp3) is 0.824. The predicted octanol–water partition coefficient (Wildman–Crippen LogP) is 0.897. The summed E-state index contributed by atoms with van der Waals surface area (Å²) in [6.07, 6.45) is 6.39. The average molecular weight is 338 g/mol. The smallest absolute Gasteiger partial charge is 0.229 e. The van der Waals surface area contributed by atoms with E-state index in [1.807, 2.05) is 0 Å². The second kappa shape index (κ2) is 9.01. The molecule has 1 saturated heterocycles. The van der Waals surface area contributed by atoms with Crippen molar-refractivity contribution in [1.82, 2.24) is 15.5 Å². The molecule has 7 heteroatoms. The van der Waals surface area contributed by atoms with Crippen LogP contribution in [0.25, 0.3) is 0 Å². The van der Waals surface area contributed by atoms with Gasteiger partial charge < -0.3 is 15.4 Å². The van der Waals surface area contributed by atoms with Gasteiger partial charge in [-0.1, -0.05) is 6.42 Å². The summed E-state index contributed by atoms with van der Waals surface area (Å²) >= 11 is 0. The van der Waals surface area contributed by atoms with E-state index in [0.717, 1.165) is 25.5 Å². The number of likely N-dealkylation sites (tertiary alicyclic amines) is 1. The molecule has 2 rings (SSSR count). The van der Waals surface area contributed by atoms with Crippen LogP contribution in [0.4, 0.5) is 0 Å². The molecule has 2 N–H and O–H groups in total. The van der Waals surface area contributed by atoms with Crippen molar-refractivity contribution >= 4 is 17.8 Å². The molecule has 2 amide bonds. The number of nitrogens with zero attached hydrogens (tertiary/aromatic N) is 2. The lowest BCUT2D eigenvalue weighted by molar-refractivity contribution is -0.147. The van der Waals surface area contributed by atoms with Gasteiger partial charge in [0.15, 0.2) is 5.96 Å². The van der Waals surface area contributed by atoms with Gasteiger partial charge in [-0.3, -0.25) is 19.5 Å². The first kappa shape index (κ1) is 18.7. The molecule has 0 aromatic carbocycles. The highest BCUT2D eigenvalue weighted by Gasteiger charge is 2.36. The van der Waals surface area contributed by atoms with Gasteiger partial charge in [0.1, 0.15) is 0 Å². The van der Waals surface area contributed by atoms with Gasteiger partial charge in [-0.15, -0.1) is 0 Å². The van der Waals surface area contributed by atoms with Crippen LogP contribution in [0.1, 0.15) is 44.9 Å². The van der Waals surface area contributed by atoms with Crippen molar-refractivity contribution in [1.29, 1.82) is 0 Å². The van der Waals surface area contributed by atoms with Crippen LogP contribution in [0.5, 0.6) is 0 Å². The zero-order valence-electron chi connectivity index (χ0n) is 14.9. The summed E-state index contributed by atoms with van der Waals surface area (Å²) in [6.45, 7) is 2.57. The minimum Gasteiger partial charge on any atom is -0.385 e. The van der Waals surface area contributed by atoms with Crippen molar-refractivity contribution in [3.05, 3.63) is 0 Å². The minimum absolute atomic E-state index is 0.0658. The molecule has 136 valence electrons. The third kappa shape index (κ3) is 4.93. The molecule has 1 heterocycles. The second-order valence-corrected chi connectivity index (χ2v) is 6.74. The van der Waals surface area contributed by atoms with Crippen molar-refractivity contribution in [2.45, 2.75) is 44.9 Å². The third-order valence-electron chi connectivity index (χ3n) is 5.12. The summed E-state index contributed by atoms with van der Waals surface area (Å²) in [5.41, 5.74) is 0.312. The zero-order chi connectivity index (χ0) is 17.4. The highest BCUT2D eigenvalue weighted by atomic mass is 16.5. The van der Waals surface area contributed by atoms with E-state index in [1.165, 1.54) is 24.2 Å². The third-order valence-corrected chi connectivity index (χ3v) is 5.12. The van der Waals surface area contributed by atoms with E-state index < -0.39 is 0 Å². The summed E-state index contributed by atoms with van der Waals surface area (Å²) < 4.78 is 5.22. The maximum atomic E-state index is 11.8. The number of rotatable bonds is 8. The summed E-state index contributed by atoms with van der Waals surface area (Å²) in [4.78, 5) is 29.1. The molecule has 1 aliphatic carbocycles. The van der Waals surface area contributed by atoms with Gasteiger partial charge in [-0.05, 0) is 31.1 Å². The van der Waals surface area contributed by atoms with Crippen LogP contribution in [0.15, 0.2) is 4.99 Å². The molecule has 7 nitrogen and oxygen atoms in total. The Hall–Kier alpha value is -1.63. The number of aliphatic imine (C=N–C) groups is 1. The highest BCUT2D eigenvalue weighted by molar-refractivity contribution is 5.97. The quantitative estimate of drug-likeness (QED) is 0.390. The van der Waals surface area contributed by atoms with E-state index in [4.69, 9.17) is 4.74 Å². The molecule has 24 heavy (non-hydrogen) atoms. The van der Waals surface area contributed by atoms with Crippen LogP contribution in [0.3, 0.4) is 0 Å². The number of carbonyl (C=O) groups excluding carboxylic acids is 2. The van der Waals surface area contributed by atoms with Gasteiger partial charge in [-0.25, -0.2) is 0 Å². The lowest BCUT2D eigenvalue weighted by Gasteiger charge is -2.42. The van der Waals surface area contributed by atoms with Crippen molar-refractivity contribution < 1.29 is 14.3 Å². The molecule has 0 atom stereocenters. The van der Waals surface area contributed by atoms with Gasteiger partial charge in [0, 0.05) is 53.2 Å². The Labute approximate surface area is 144 Å². The van der Waals surface area contributed by atoms with Crippen molar-refractivity contribution in [3.63, 3.8) is 0 Å². The Balaban J connectivity index is 1.72. The van der Waals surface area contributed by atoms with Crippen LogP contribution in [0.2, 0.25) is 0 Å². The number of hydrogen-bond donors (Lipinski definition) is 2. The number of ether oxygens (including phenoxy) is 1. The Bertz CT molecular complexity index is 458. The molecule has 0 radical (unpaired) electrons. The number of methoxy groups -OCH3 is 1. The van der Waals surface area contributed by atoms with Gasteiger partial charge in [0.25, 0.3) is 0 Å². The van der Waals surface area contributed by atoms with E-state index in [-0.39, 0.29) is 11.8 Å². The lowest BCUT2D eigenvalue weighted by atomic mass is 9.67. The van der Waals surface area contributed by atoms with E-state index in [0.29, 0.717) is 37.8 Å². The first-order valence-electron chi connectivity index (χ1n) is 8.87. The highest BCUT2D eigenvalue weighted by Crippen LogP contribution is 2.43. The first-order valence-corrected chi connectivity index (χ1v) is 8.87. The Morgan fingerprint density at radius 3 is 2.46 bits per heavy atom. The molecule has 1 saturated carbocycles. The van der Waals surface area contributed by atoms with Crippen LogP contribution in [0, 0.1) is 5.41 Å². The largest absolute Gasteiger partial charge is 0.385 e. The average Bonchev–Trinajstić information content (AvgIpc) is 2.54. The zero-order valence-corrected chi connectivity index (χ0v) is 14.9. The van der Waals surface area contributed by atoms with E-state index >= 15 is 0 Å². The molecule has 2 fully saturated rings. The lowest BCUT2D eigenvalue weighted by Crippen LogP contribution is -2.49. The van der Waals surface area contributed by atoms with Crippen molar-refractivity contribution in [2.24, 2.45) is 10.4 Å². The number of imide groups is 1. The Morgan fingerprint density at radius 2 is 1.92 bits per heavy atom. The molecular formula is C17H30N4O3. The monoisotopic (exact) mass is 338 g/mol. The van der Waals surface area contributed by atoms with Gasteiger partial charge in [0.05, 0.1) is 0 Å². The molecule has 0 aromatic heterocycles. The number of piperidine rings is 1. The van der Waals surface area contributed by atoms with Crippen LogP contribution in [-0.4, -0.2) is 63.1 Å². The maximum absolute atomic E-state index is 11.8. The van der Waals surface area contributed by atoms with E-state index in [2.05, 4.69) is 15.6 Å². The van der Waals surface area contributed by atoms with Crippen LogP contribution >= 0.6 is 0 Å². The number of guanidine groups is 1. The fourth-order valence-corrected chi connectivity index (χ4v) is 3.34. The molecular weight excluding hydrogens is 308 g/mol. The van der Waals surface area contributed by atoms with E-state index in [1.54, 1.807) is 14.2 Å². The summed E-state index contributed by atoms with van der Waals surface area (Å²) in [7, 11) is 3.47. The van der Waals surface area contributed by atoms with Gasteiger partial charge >= 0.3 is 0 Å². The topological polar surface area (TPSA) is 83.0 Å². The van der Waals surface area contributed by atoms with Gasteiger partial charge in [-0.2, -0.15) is 0 Å². The standard InChI is InChI=1S/C17H30N4O3/c1-18-16(20-13-17(7-4-8-17)9-12-24-2)19-10-11-21-14(22)5-3-6-15(21)23/h3-13H2,1-2H3,(H2,18,19,20). The molecule has 1 aliphatic heterocycles. The summed E-state index contributed by atoms with van der Waals surface area (Å²) in [5, 5.41) is 6.57. The normalized spacial score (nSPS) is 20.8. The Kier molecular flexibility index (Phi) is 7.02. The summed E-state index contributed by atoms with van der Waals surface area (Å²) in [6, 6.07) is 0. The van der Waals surface area contributed by atoms with Gasteiger partial charge in [0.2, 0.25) is 11.8 Å². The van der Waals surface area contributed by atoms with Crippen molar-refractivity contribution in [3.8, 4) is 0 Å².